The third-order valence-corrected chi connectivity index (χ3v) is 5.13. The molecule has 142 valence electrons. The van der Waals surface area contributed by atoms with Gasteiger partial charge in [-0.25, -0.2) is 0 Å². The van der Waals surface area contributed by atoms with Gasteiger partial charge in [0.05, 0.1) is 18.8 Å². The second-order valence-electron chi connectivity index (χ2n) is 7.24. The van der Waals surface area contributed by atoms with Crippen LogP contribution in [0.25, 0.3) is 0 Å². The first-order valence-corrected chi connectivity index (χ1v) is 9.81. The average Bonchev–Trinajstić information content (AvgIpc) is 3.11. The van der Waals surface area contributed by atoms with Crippen LogP contribution in [0.1, 0.15) is 28.8 Å². The fraction of sp³-hybridized carbons (Fsp3) is 0.333. The molecule has 0 aliphatic carbocycles. The highest BCUT2D eigenvalue weighted by Crippen LogP contribution is 2.11. The van der Waals surface area contributed by atoms with Crippen LogP contribution in [-0.2, 0) is 24.4 Å². The Morgan fingerprint density at radius 3 is 2.44 bits per heavy atom. The van der Waals surface area contributed by atoms with Gasteiger partial charge < -0.3 is 14.2 Å². The van der Waals surface area contributed by atoms with Gasteiger partial charge >= 0.3 is 0 Å². The number of hydrogen-bond donors (Lipinski definition) is 1. The normalized spacial score (nSPS) is 12.2. The molecule has 27 heavy (non-hydrogen) atoms. The van der Waals surface area contributed by atoms with Crippen LogP contribution in [0.5, 0.6) is 0 Å². The van der Waals surface area contributed by atoms with Gasteiger partial charge in [0.2, 0.25) is 0 Å². The Labute approximate surface area is 163 Å². The Kier molecular flexibility index (Phi) is 7.26. The third kappa shape index (κ3) is 5.81. The van der Waals surface area contributed by atoms with Gasteiger partial charge in [-0.15, -0.1) is 0 Å². The minimum Gasteiger partial charge on any atom is -0.384 e. The van der Waals surface area contributed by atoms with Gasteiger partial charge in [-0.2, -0.15) is 0 Å². The van der Waals surface area contributed by atoms with Gasteiger partial charge in [0, 0.05) is 31.8 Å². The summed E-state index contributed by atoms with van der Waals surface area (Å²) in [6, 6.07) is 23.9. The van der Waals surface area contributed by atoms with Gasteiger partial charge in [-0.3, -0.25) is 0 Å². The molecule has 2 aromatic carbocycles. The summed E-state index contributed by atoms with van der Waals surface area (Å²) in [6.07, 6.45) is 3.29. The average molecular weight is 364 g/mol. The third-order valence-electron chi connectivity index (χ3n) is 5.13. The van der Waals surface area contributed by atoms with E-state index >= 15 is 0 Å². The molecule has 3 nitrogen and oxygen atoms in total. The molecule has 0 fully saturated rings. The van der Waals surface area contributed by atoms with E-state index in [0.717, 1.165) is 39.2 Å². The Hall–Kier alpha value is -2.36. The van der Waals surface area contributed by atoms with Crippen LogP contribution in [0.2, 0.25) is 0 Å². The van der Waals surface area contributed by atoms with Gasteiger partial charge in [0.25, 0.3) is 0 Å². The van der Waals surface area contributed by atoms with Crippen LogP contribution in [0, 0.1) is 6.92 Å². The van der Waals surface area contributed by atoms with E-state index in [2.05, 4.69) is 84.4 Å². The molecule has 3 aromatic rings. The van der Waals surface area contributed by atoms with Gasteiger partial charge in [-0.05, 0) is 30.2 Å². The lowest BCUT2D eigenvalue weighted by atomic mass is 10.1. The molecule has 1 aromatic heterocycles. The van der Waals surface area contributed by atoms with Crippen molar-refractivity contribution in [3.8, 4) is 0 Å². The van der Waals surface area contributed by atoms with Gasteiger partial charge in [0.15, 0.2) is 0 Å². The van der Waals surface area contributed by atoms with Crippen molar-refractivity contribution in [3.05, 3.63) is 95.3 Å². The predicted molar refractivity (Wildman–Crippen MR) is 111 cm³/mol. The summed E-state index contributed by atoms with van der Waals surface area (Å²) in [5.74, 6) is 0. The number of aryl methyl sites for hydroxylation is 1. The second kappa shape index (κ2) is 10.1. The molecule has 1 unspecified atom stereocenters. The van der Waals surface area contributed by atoms with E-state index in [0.29, 0.717) is 0 Å². The number of nitrogens with one attached hydrogen (secondary N) is 1. The Morgan fingerprint density at radius 1 is 0.889 bits per heavy atom. The Bertz CT molecular complexity index is 810. The monoisotopic (exact) mass is 363 g/mol. The van der Waals surface area contributed by atoms with Crippen molar-refractivity contribution in [2.45, 2.75) is 33.0 Å². The number of hydrogen-bond acceptors (Lipinski definition) is 1. The van der Waals surface area contributed by atoms with Crippen molar-refractivity contribution in [1.29, 1.82) is 0 Å². The lowest BCUT2D eigenvalue weighted by Gasteiger charge is -2.21. The van der Waals surface area contributed by atoms with E-state index in [1.54, 1.807) is 12.0 Å². The molecule has 1 N–H and O–H groups in total. The summed E-state index contributed by atoms with van der Waals surface area (Å²) in [6.45, 7) is 7.13. The van der Waals surface area contributed by atoms with Crippen LogP contribution in [0.3, 0.4) is 0 Å². The van der Waals surface area contributed by atoms with Crippen LogP contribution >= 0.6 is 0 Å². The van der Waals surface area contributed by atoms with Crippen LogP contribution in [0.15, 0.2) is 72.9 Å². The van der Waals surface area contributed by atoms with Crippen molar-refractivity contribution in [3.63, 3.8) is 0 Å². The first-order chi connectivity index (χ1) is 13.3. The summed E-state index contributed by atoms with van der Waals surface area (Å²) in [7, 11) is 1.78. The summed E-state index contributed by atoms with van der Waals surface area (Å²) >= 11 is 0. The van der Waals surface area contributed by atoms with Crippen molar-refractivity contribution in [2.24, 2.45) is 0 Å². The molecule has 3 heteroatoms. The van der Waals surface area contributed by atoms with Crippen molar-refractivity contribution in [2.75, 3.05) is 20.3 Å². The number of methoxy groups -OCH3 is 1. The van der Waals surface area contributed by atoms with Crippen molar-refractivity contribution >= 4 is 0 Å². The van der Waals surface area contributed by atoms with E-state index in [1.807, 2.05) is 0 Å². The molecule has 3 rings (SSSR count). The first kappa shape index (κ1) is 19.4. The topological polar surface area (TPSA) is 18.6 Å². The molecular weight excluding hydrogens is 332 g/mol. The van der Waals surface area contributed by atoms with Crippen LogP contribution < -0.4 is 4.90 Å². The smallest absolute Gasteiger partial charge is 0.118 e. The molecule has 1 atom stereocenters. The quantitative estimate of drug-likeness (QED) is 0.547. The number of benzene rings is 2. The minimum absolute atomic E-state index is 0.822. The Morgan fingerprint density at radius 2 is 1.67 bits per heavy atom. The number of nitrogens with zero attached hydrogens (tertiary/aromatic N) is 1. The maximum Gasteiger partial charge on any atom is 0.118 e. The second-order valence-corrected chi connectivity index (χ2v) is 7.24. The number of ether oxygens (including phenoxy) is 1. The maximum atomic E-state index is 5.28. The molecule has 0 aliphatic rings. The van der Waals surface area contributed by atoms with E-state index < -0.39 is 0 Å². The highest BCUT2D eigenvalue weighted by molar-refractivity contribution is 5.26. The zero-order valence-corrected chi connectivity index (χ0v) is 16.5. The zero-order chi connectivity index (χ0) is 18.9. The predicted octanol–water partition coefficient (Wildman–Crippen LogP) is 3.47. The minimum atomic E-state index is 0.822. The maximum absolute atomic E-state index is 5.28. The van der Waals surface area contributed by atoms with Gasteiger partial charge in [0.1, 0.15) is 13.1 Å². The van der Waals surface area contributed by atoms with Crippen molar-refractivity contribution < 1.29 is 9.64 Å². The molecule has 0 radical (unpaired) electrons. The summed E-state index contributed by atoms with van der Waals surface area (Å²) in [4.78, 5) is 1.57. The Balaban J connectivity index is 1.71. The fourth-order valence-electron chi connectivity index (χ4n) is 3.58. The highest BCUT2D eigenvalue weighted by atomic mass is 16.5. The lowest BCUT2D eigenvalue weighted by molar-refractivity contribution is -0.928. The SMILES string of the molecule is COCCC[NH+](Cc1ccccc1)Cc1cccn1Cc1ccccc1C. The molecule has 0 saturated carbocycles. The molecular formula is C24H31N2O+. The van der Waals surface area contributed by atoms with Crippen molar-refractivity contribution in [1.82, 2.24) is 4.57 Å². The molecule has 0 saturated heterocycles. The van der Waals surface area contributed by atoms with E-state index in [4.69, 9.17) is 4.74 Å². The largest absolute Gasteiger partial charge is 0.384 e. The summed E-state index contributed by atoms with van der Waals surface area (Å²) in [5, 5.41) is 0. The van der Waals surface area contributed by atoms with Crippen LogP contribution in [0.4, 0.5) is 0 Å². The standard InChI is InChI=1S/C24H30N2O/c1-21-10-6-7-13-23(21)19-26-16-8-14-24(26)20-25(15-9-17-27-2)18-22-11-4-3-5-12-22/h3-8,10-14,16H,9,15,17-20H2,1-2H3/p+1. The highest BCUT2D eigenvalue weighted by Gasteiger charge is 2.14. The zero-order valence-electron chi connectivity index (χ0n) is 16.5. The van der Waals surface area contributed by atoms with Gasteiger partial charge in [-0.1, -0.05) is 54.6 Å². The molecule has 0 spiro atoms. The van der Waals surface area contributed by atoms with E-state index in [-0.39, 0.29) is 0 Å². The fourth-order valence-corrected chi connectivity index (χ4v) is 3.58. The van der Waals surface area contributed by atoms with E-state index in [9.17, 15) is 0 Å². The van der Waals surface area contributed by atoms with Crippen LogP contribution in [-0.4, -0.2) is 24.8 Å². The molecule has 0 amide bonds. The number of quaternary nitrogens is 1. The molecule has 1 heterocycles. The molecule has 0 bridgehead atoms. The van der Waals surface area contributed by atoms with E-state index in [1.165, 1.54) is 22.4 Å². The number of rotatable bonds is 10. The summed E-state index contributed by atoms with van der Waals surface area (Å²) < 4.78 is 7.67. The lowest BCUT2D eigenvalue weighted by Crippen LogP contribution is -3.09. The first-order valence-electron chi connectivity index (χ1n) is 9.81. The summed E-state index contributed by atoms with van der Waals surface area (Å²) in [5.41, 5.74) is 5.52. The number of aromatic nitrogens is 1. The molecule has 0 aliphatic heterocycles.